The molecule has 1 N–H and O–H groups in total. The molecule has 0 aromatic carbocycles. The lowest BCUT2D eigenvalue weighted by Crippen LogP contribution is -1.80. The molecule has 0 aliphatic carbocycles. The Labute approximate surface area is 63.1 Å². The van der Waals surface area contributed by atoms with Crippen LogP contribution in [0.15, 0.2) is 23.8 Å². The molecule has 0 saturated heterocycles. The highest BCUT2D eigenvalue weighted by atomic mass is 16.3. The Morgan fingerprint density at radius 3 is 2.70 bits per heavy atom. The van der Waals surface area contributed by atoms with Gasteiger partial charge >= 0.3 is 0 Å². The van der Waals surface area contributed by atoms with Gasteiger partial charge in [-0.05, 0) is 18.9 Å². The molecule has 0 spiro atoms. The number of allylic oxidation sites excluding steroid dienone is 3. The molecule has 0 aromatic rings. The maximum absolute atomic E-state index is 8.59. The first-order valence-electron chi connectivity index (χ1n) is 3.74. The molecule has 58 valence electrons. The second-order valence-corrected chi connectivity index (χ2v) is 2.39. The van der Waals surface area contributed by atoms with Gasteiger partial charge in [0.2, 0.25) is 0 Å². The van der Waals surface area contributed by atoms with Gasteiger partial charge in [0.05, 0.1) is 6.61 Å². The highest BCUT2D eigenvalue weighted by molar-refractivity contribution is 5.10. The third kappa shape index (κ3) is 5.57. The number of rotatable bonds is 4. The fourth-order valence-electron chi connectivity index (χ4n) is 0.548. The van der Waals surface area contributed by atoms with Crippen molar-refractivity contribution >= 4 is 0 Å². The molecule has 0 aromatic heterocycles. The van der Waals surface area contributed by atoms with Crippen LogP contribution in [0, 0.1) is 0 Å². The maximum Gasteiger partial charge on any atom is 0.0642 e. The van der Waals surface area contributed by atoms with Gasteiger partial charge in [0.1, 0.15) is 0 Å². The van der Waals surface area contributed by atoms with Gasteiger partial charge in [0.25, 0.3) is 0 Å². The van der Waals surface area contributed by atoms with E-state index in [0.717, 1.165) is 12.0 Å². The van der Waals surface area contributed by atoms with Gasteiger partial charge in [-0.15, -0.1) is 0 Å². The monoisotopic (exact) mass is 140 g/mol. The van der Waals surface area contributed by atoms with Crippen molar-refractivity contribution in [1.82, 2.24) is 0 Å². The van der Waals surface area contributed by atoms with Crippen LogP contribution in [0.25, 0.3) is 0 Å². The van der Waals surface area contributed by atoms with Crippen LogP contribution in [-0.4, -0.2) is 11.7 Å². The SMILES string of the molecule is CCC/C=C\C=C(/C)CO. The van der Waals surface area contributed by atoms with Gasteiger partial charge in [0, 0.05) is 0 Å². The smallest absolute Gasteiger partial charge is 0.0642 e. The van der Waals surface area contributed by atoms with E-state index in [9.17, 15) is 0 Å². The number of aliphatic hydroxyl groups is 1. The Balaban J connectivity index is 3.49. The third-order valence-corrected chi connectivity index (χ3v) is 1.22. The van der Waals surface area contributed by atoms with Crippen molar-refractivity contribution in [2.45, 2.75) is 26.7 Å². The molecule has 10 heavy (non-hydrogen) atoms. The molecule has 0 fully saturated rings. The summed E-state index contributed by atoms with van der Waals surface area (Å²) in [5.41, 5.74) is 1.01. The van der Waals surface area contributed by atoms with E-state index in [0.29, 0.717) is 0 Å². The van der Waals surface area contributed by atoms with E-state index < -0.39 is 0 Å². The lowest BCUT2D eigenvalue weighted by atomic mass is 10.2. The molecule has 1 nitrogen and oxygen atoms in total. The van der Waals surface area contributed by atoms with E-state index in [1.807, 2.05) is 19.1 Å². The van der Waals surface area contributed by atoms with E-state index in [1.54, 1.807) is 0 Å². The van der Waals surface area contributed by atoms with Gasteiger partial charge in [-0.2, -0.15) is 0 Å². The number of hydrogen-bond acceptors (Lipinski definition) is 1. The first-order valence-corrected chi connectivity index (χ1v) is 3.74. The quantitative estimate of drug-likeness (QED) is 0.594. The average molecular weight is 140 g/mol. The lowest BCUT2D eigenvalue weighted by molar-refractivity contribution is 0.331. The van der Waals surface area contributed by atoms with Crippen molar-refractivity contribution in [2.24, 2.45) is 0 Å². The van der Waals surface area contributed by atoms with Gasteiger partial charge in [-0.3, -0.25) is 0 Å². The van der Waals surface area contributed by atoms with Crippen LogP contribution < -0.4 is 0 Å². The summed E-state index contributed by atoms with van der Waals surface area (Å²) in [6, 6.07) is 0. The summed E-state index contributed by atoms with van der Waals surface area (Å²) in [6.45, 7) is 4.22. The molecular formula is C9H16O. The number of unbranched alkanes of at least 4 members (excludes halogenated alkanes) is 1. The standard InChI is InChI=1S/C9H16O/c1-3-4-5-6-7-9(2)8-10/h5-7,10H,3-4,8H2,1-2H3/b6-5-,9-7+. The number of aliphatic hydroxyl groups excluding tert-OH is 1. The molecule has 0 radical (unpaired) electrons. The minimum absolute atomic E-state index is 0.163. The highest BCUT2D eigenvalue weighted by Crippen LogP contribution is 1.93. The Bertz CT molecular complexity index is 123. The first-order chi connectivity index (χ1) is 4.81. The largest absolute Gasteiger partial charge is 0.392 e. The number of hydrogen-bond donors (Lipinski definition) is 1. The zero-order valence-electron chi connectivity index (χ0n) is 6.80. The molecule has 0 saturated carbocycles. The molecule has 0 unspecified atom stereocenters. The van der Waals surface area contributed by atoms with Gasteiger partial charge in [-0.25, -0.2) is 0 Å². The lowest BCUT2D eigenvalue weighted by Gasteiger charge is -1.88. The summed E-state index contributed by atoms with van der Waals surface area (Å²) < 4.78 is 0. The summed E-state index contributed by atoms with van der Waals surface area (Å²) in [5.74, 6) is 0. The normalized spacial score (nSPS) is 12.9. The topological polar surface area (TPSA) is 20.2 Å². The van der Waals surface area contributed by atoms with Crippen LogP contribution in [0.2, 0.25) is 0 Å². The Morgan fingerprint density at radius 2 is 2.20 bits per heavy atom. The van der Waals surface area contributed by atoms with E-state index in [-0.39, 0.29) is 6.61 Å². The van der Waals surface area contributed by atoms with Crippen LogP contribution in [0.5, 0.6) is 0 Å². The molecule has 0 heterocycles. The molecule has 1 heteroatoms. The van der Waals surface area contributed by atoms with Crippen molar-refractivity contribution in [3.05, 3.63) is 23.8 Å². The fourth-order valence-corrected chi connectivity index (χ4v) is 0.548. The van der Waals surface area contributed by atoms with Crippen molar-refractivity contribution < 1.29 is 5.11 Å². The zero-order valence-corrected chi connectivity index (χ0v) is 6.80. The van der Waals surface area contributed by atoms with Gasteiger partial charge in [-0.1, -0.05) is 31.6 Å². The second kappa shape index (κ2) is 6.56. The van der Waals surface area contributed by atoms with Crippen LogP contribution in [0.1, 0.15) is 26.7 Å². The van der Waals surface area contributed by atoms with Crippen molar-refractivity contribution in [3.8, 4) is 0 Å². The summed E-state index contributed by atoms with van der Waals surface area (Å²) in [5, 5.41) is 8.59. The maximum atomic E-state index is 8.59. The van der Waals surface area contributed by atoms with Crippen LogP contribution in [0.3, 0.4) is 0 Å². The average Bonchev–Trinajstić information content (AvgIpc) is 1.98. The van der Waals surface area contributed by atoms with Crippen LogP contribution in [0.4, 0.5) is 0 Å². The minimum atomic E-state index is 0.163. The highest BCUT2D eigenvalue weighted by Gasteiger charge is 1.78. The molecule has 0 atom stereocenters. The Hall–Kier alpha value is -0.560. The molecule has 0 amide bonds. The van der Waals surface area contributed by atoms with Crippen molar-refractivity contribution in [2.75, 3.05) is 6.61 Å². The Morgan fingerprint density at radius 1 is 1.50 bits per heavy atom. The fraction of sp³-hybridized carbons (Fsp3) is 0.556. The van der Waals surface area contributed by atoms with Gasteiger partial charge < -0.3 is 5.11 Å². The van der Waals surface area contributed by atoms with Crippen LogP contribution >= 0.6 is 0 Å². The molecular weight excluding hydrogens is 124 g/mol. The minimum Gasteiger partial charge on any atom is -0.392 e. The summed E-state index contributed by atoms with van der Waals surface area (Å²) in [6.07, 6.45) is 8.35. The summed E-state index contributed by atoms with van der Waals surface area (Å²) in [7, 11) is 0. The summed E-state index contributed by atoms with van der Waals surface area (Å²) in [4.78, 5) is 0. The molecule has 0 aliphatic heterocycles. The van der Waals surface area contributed by atoms with E-state index in [2.05, 4.69) is 13.0 Å². The Kier molecular flexibility index (Phi) is 6.19. The van der Waals surface area contributed by atoms with E-state index in [4.69, 9.17) is 5.11 Å². The zero-order chi connectivity index (χ0) is 7.82. The van der Waals surface area contributed by atoms with Crippen LogP contribution in [-0.2, 0) is 0 Å². The van der Waals surface area contributed by atoms with Gasteiger partial charge in [0.15, 0.2) is 0 Å². The molecule has 0 bridgehead atoms. The first kappa shape index (κ1) is 9.44. The molecule has 0 rings (SSSR count). The third-order valence-electron chi connectivity index (χ3n) is 1.22. The van der Waals surface area contributed by atoms with Crippen molar-refractivity contribution in [1.29, 1.82) is 0 Å². The second-order valence-electron chi connectivity index (χ2n) is 2.39. The van der Waals surface area contributed by atoms with E-state index in [1.165, 1.54) is 6.42 Å². The summed E-state index contributed by atoms with van der Waals surface area (Å²) >= 11 is 0. The predicted molar refractivity (Wildman–Crippen MR) is 44.9 cm³/mol. The van der Waals surface area contributed by atoms with E-state index >= 15 is 0 Å². The van der Waals surface area contributed by atoms with Crippen molar-refractivity contribution in [3.63, 3.8) is 0 Å². The predicted octanol–water partition coefficient (Wildman–Crippen LogP) is 2.28. The molecule has 0 aliphatic rings.